The maximum Gasteiger partial charge on any atom is 0.426 e. The van der Waals surface area contributed by atoms with Gasteiger partial charge in [0, 0.05) is 24.3 Å². The van der Waals surface area contributed by atoms with Crippen LogP contribution < -0.4 is 9.47 Å². The van der Waals surface area contributed by atoms with E-state index < -0.39 is 81.9 Å². The van der Waals surface area contributed by atoms with Gasteiger partial charge in [-0.3, -0.25) is 0 Å². The molecule has 0 saturated heterocycles. The largest absolute Gasteiger partial charge is 0.508 e. The Morgan fingerprint density at radius 2 is 1.06 bits per heavy atom. The van der Waals surface area contributed by atoms with Crippen LogP contribution in [0.4, 0.5) is 61.5 Å². The molecule has 0 radical (unpaired) electrons. The van der Waals surface area contributed by atoms with Crippen LogP contribution in [0.1, 0.15) is 62.1 Å². The summed E-state index contributed by atoms with van der Waals surface area (Å²) in [6.45, 7) is 2.03. The lowest BCUT2D eigenvalue weighted by molar-refractivity contribution is -0.223. The Kier molecular flexibility index (Phi) is 11.8. The van der Waals surface area contributed by atoms with Gasteiger partial charge in [-0.25, -0.2) is 17.6 Å². The number of alkyl halides is 10. The Hall–Kier alpha value is -3.92. The molecular weight excluding hydrogens is 686 g/mol. The summed E-state index contributed by atoms with van der Waals surface area (Å²) in [4.78, 5) is 0. The molecule has 3 aromatic carbocycles. The minimum Gasteiger partial charge on any atom is -0.508 e. The Morgan fingerprint density at radius 3 is 1.48 bits per heavy atom. The van der Waals surface area contributed by atoms with E-state index >= 15 is 0 Å². The van der Waals surface area contributed by atoms with Crippen molar-refractivity contribution < 1.29 is 76.0 Å². The molecule has 1 aliphatic carbocycles. The van der Waals surface area contributed by atoms with E-state index in [0.29, 0.717) is 30.9 Å². The predicted molar refractivity (Wildman–Crippen MR) is 141 cm³/mol. The SMILES string of the molecule is CCCC1CCC(C(F)(F)Oc2ccc(C(F)(F)Oc3cc(F)c(C(F)(F)F)c(F)c3)cc2)CC1.Oc1cc(F)c(C(F)(F)F)c(F)c1. The molecule has 0 spiro atoms. The molecule has 1 aliphatic rings. The first-order valence-electron chi connectivity index (χ1n) is 14.1. The van der Waals surface area contributed by atoms with Crippen LogP contribution in [0.25, 0.3) is 0 Å². The second-order valence-electron chi connectivity index (χ2n) is 10.9. The fraction of sp³-hybridized carbons (Fsp3) is 0.419. The fourth-order valence-corrected chi connectivity index (χ4v) is 5.07. The number of phenols is 1. The number of rotatable bonds is 8. The average molecular weight is 713 g/mol. The van der Waals surface area contributed by atoms with Gasteiger partial charge in [0.15, 0.2) is 0 Å². The number of halogens is 14. The van der Waals surface area contributed by atoms with E-state index in [1.54, 1.807) is 0 Å². The van der Waals surface area contributed by atoms with Gasteiger partial charge in [0.05, 0.1) is 11.5 Å². The van der Waals surface area contributed by atoms with Gasteiger partial charge in [0.1, 0.15) is 51.6 Å². The summed E-state index contributed by atoms with van der Waals surface area (Å²) < 4.78 is 193. The predicted octanol–water partition coefficient (Wildman–Crippen LogP) is 11.4. The second kappa shape index (κ2) is 14.7. The molecule has 1 fully saturated rings. The lowest BCUT2D eigenvalue weighted by Crippen LogP contribution is -2.37. The van der Waals surface area contributed by atoms with Crippen molar-refractivity contribution in [1.29, 1.82) is 0 Å². The summed E-state index contributed by atoms with van der Waals surface area (Å²) >= 11 is 0. The molecule has 1 N–H and O–H groups in total. The van der Waals surface area contributed by atoms with Crippen molar-refractivity contribution in [3.8, 4) is 17.2 Å². The normalized spacial score (nSPS) is 17.4. The van der Waals surface area contributed by atoms with Gasteiger partial charge in [0.25, 0.3) is 0 Å². The Balaban J connectivity index is 0.000000402. The minimum atomic E-state index is -5.37. The second-order valence-corrected chi connectivity index (χ2v) is 10.9. The molecule has 0 amide bonds. The van der Waals surface area contributed by atoms with Crippen molar-refractivity contribution in [3.05, 3.63) is 88.5 Å². The lowest BCUT2D eigenvalue weighted by Gasteiger charge is -2.33. The van der Waals surface area contributed by atoms with Gasteiger partial charge in [-0.05, 0) is 55.9 Å². The van der Waals surface area contributed by atoms with Crippen LogP contribution in [0, 0.1) is 35.1 Å². The number of hydrogen-bond acceptors (Lipinski definition) is 3. The number of benzene rings is 3. The van der Waals surface area contributed by atoms with E-state index in [1.165, 1.54) is 0 Å². The number of phenolic OH excluding ortho intramolecular Hbond substituents is 1. The maximum absolute atomic E-state index is 14.6. The van der Waals surface area contributed by atoms with Crippen LogP contribution in [-0.2, 0) is 18.5 Å². The first kappa shape index (κ1) is 38.5. The molecular formula is C31H26F14O3. The Bertz CT molecular complexity index is 1480. The van der Waals surface area contributed by atoms with Gasteiger partial charge in [-0.15, -0.1) is 0 Å². The smallest absolute Gasteiger partial charge is 0.426 e. The Morgan fingerprint density at radius 1 is 0.625 bits per heavy atom. The van der Waals surface area contributed by atoms with Gasteiger partial charge < -0.3 is 14.6 Å². The third kappa shape index (κ3) is 9.81. The summed E-state index contributed by atoms with van der Waals surface area (Å²) in [6.07, 6.45) is -14.4. The van der Waals surface area contributed by atoms with Crippen molar-refractivity contribution in [2.75, 3.05) is 0 Å². The van der Waals surface area contributed by atoms with E-state index in [-0.39, 0.29) is 42.9 Å². The van der Waals surface area contributed by atoms with E-state index in [0.717, 1.165) is 25.0 Å². The summed E-state index contributed by atoms with van der Waals surface area (Å²) in [5, 5.41) is 8.54. The number of hydrogen-bond donors (Lipinski definition) is 1. The lowest BCUT2D eigenvalue weighted by atomic mass is 9.79. The maximum atomic E-state index is 14.6. The zero-order valence-electron chi connectivity index (χ0n) is 24.6. The molecule has 0 aromatic heterocycles. The average Bonchev–Trinajstić information content (AvgIpc) is 2.91. The standard InChI is InChI=1S/C24H23F9O2.C7H3F5O/c1-2-3-14-4-6-15(7-5-14)23(30,31)34-17-10-8-16(9-11-17)24(32,33)35-18-12-19(25)21(20(26)13-18)22(27,28)29;8-4-1-3(13)2-5(9)6(4)7(10,11)12/h8-15H,2-7H2,1H3;1-2,13H. The highest BCUT2D eigenvalue weighted by Crippen LogP contribution is 2.42. The molecule has 48 heavy (non-hydrogen) atoms. The van der Waals surface area contributed by atoms with Crippen molar-refractivity contribution in [2.24, 2.45) is 11.8 Å². The molecule has 17 heteroatoms. The highest BCUT2D eigenvalue weighted by Gasteiger charge is 2.44. The zero-order chi connectivity index (χ0) is 36.2. The highest BCUT2D eigenvalue weighted by molar-refractivity contribution is 5.35. The van der Waals surface area contributed by atoms with Gasteiger partial charge >= 0.3 is 24.6 Å². The van der Waals surface area contributed by atoms with Crippen LogP contribution in [-0.4, -0.2) is 11.2 Å². The van der Waals surface area contributed by atoms with E-state index in [1.807, 2.05) is 6.92 Å². The first-order chi connectivity index (χ1) is 22.0. The number of aromatic hydroxyl groups is 1. The van der Waals surface area contributed by atoms with Gasteiger partial charge in [-0.1, -0.05) is 19.8 Å². The van der Waals surface area contributed by atoms with Gasteiger partial charge in [-0.2, -0.15) is 43.9 Å². The molecule has 266 valence electrons. The van der Waals surface area contributed by atoms with Crippen molar-refractivity contribution >= 4 is 0 Å². The molecule has 0 unspecified atom stereocenters. The molecule has 0 aliphatic heterocycles. The van der Waals surface area contributed by atoms with E-state index in [9.17, 15) is 61.5 Å². The quantitative estimate of drug-likeness (QED) is 0.236. The molecule has 3 nitrogen and oxygen atoms in total. The van der Waals surface area contributed by atoms with Crippen LogP contribution in [0.5, 0.6) is 17.2 Å². The van der Waals surface area contributed by atoms with Crippen LogP contribution in [0.3, 0.4) is 0 Å². The third-order valence-electron chi connectivity index (χ3n) is 7.32. The molecule has 4 rings (SSSR count). The summed E-state index contributed by atoms with van der Waals surface area (Å²) in [5.74, 6) is -11.0. The van der Waals surface area contributed by atoms with Gasteiger partial charge in [0.2, 0.25) is 0 Å². The highest BCUT2D eigenvalue weighted by atomic mass is 19.4. The summed E-state index contributed by atoms with van der Waals surface area (Å²) in [5.41, 5.74) is -5.13. The Labute approximate surface area is 264 Å². The molecule has 0 atom stereocenters. The van der Waals surface area contributed by atoms with Crippen LogP contribution >= 0.6 is 0 Å². The summed E-state index contributed by atoms with van der Waals surface area (Å²) in [7, 11) is 0. The fourth-order valence-electron chi connectivity index (χ4n) is 5.07. The van der Waals surface area contributed by atoms with E-state index in [2.05, 4.69) is 4.74 Å². The third-order valence-corrected chi connectivity index (χ3v) is 7.32. The topological polar surface area (TPSA) is 38.7 Å². The summed E-state index contributed by atoms with van der Waals surface area (Å²) in [6, 6.07) is 3.49. The van der Waals surface area contributed by atoms with Crippen LogP contribution in [0.15, 0.2) is 48.5 Å². The molecule has 0 heterocycles. The van der Waals surface area contributed by atoms with E-state index in [4.69, 9.17) is 9.84 Å². The van der Waals surface area contributed by atoms with Crippen LogP contribution in [0.2, 0.25) is 0 Å². The zero-order valence-corrected chi connectivity index (χ0v) is 24.6. The molecule has 0 bridgehead atoms. The van der Waals surface area contributed by atoms with Crippen molar-refractivity contribution in [1.82, 2.24) is 0 Å². The number of ether oxygens (including phenoxy) is 2. The first-order valence-corrected chi connectivity index (χ1v) is 14.1. The van der Waals surface area contributed by atoms with Crippen molar-refractivity contribution in [2.45, 2.75) is 70.0 Å². The molecule has 3 aromatic rings. The van der Waals surface area contributed by atoms with Crippen molar-refractivity contribution in [3.63, 3.8) is 0 Å². The monoisotopic (exact) mass is 712 g/mol. The molecule has 1 saturated carbocycles. The minimum absolute atomic E-state index is 0.0207.